The van der Waals surface area contributed by atoms with Crippen LogP contribution >= 0.6 is 0 Å². The summed E-state index contributed by atoms with van der Waals surface area (Å²) in [7, 11) is 4.17. The molecular weight excluding hydrogens is 212 g/mol. The van der Waals surface area contributed by atoms with E-state index in [2.05, 4.69) is 17.3 Å². The number of nitrogens with zero attached hydrogens (tertiary/aromatic N) is 1. The first kappa shape index (κ1) is 11.9. The number of piperidine rings is 1. The molecule has 2 heterocycles. The molecule has 98 valence electrons. The van der Waals surface area contributed by atoms with Crippen molar-refractivity contribution >= 4 is 0 Å². The van der Waals surface area contributed by atoms with Gasteiger partial charge in [-0.25, -0.2) is 0 Å². The van der Waals surface area contributed by atoms with E-state index in [0.717, 1.165) is 30.7 Å². The van der Waals surface area contributed by atoms with E-state index in [0.29, 0.717) is 6.04 Å². The van der Waals surface area contributed by atoms with Gasteiger partial charge in [-0.1, -0.05) is 0 Å². The van der Waals surface area contributed by atoms with Gasteiger partial charge >= 0.3 is 0 Å². The van der Waals surface area contributed by atoms with Crippen molar-refractivity contribution in [1.29, 1.82) is 0 Å². The molecule has 3 heteroatoms. The number of ether oxygens (including phenoxy) is 1. The lowest BCUT2D eigenvalue weighted by atomic mass is 9.96. The molecular formula is C14H26N2O. The van der Waals surface area contributed by atoms with Crippen LogP contribution in [0.3, 0.4) is 0 Å². The minimum absolute atomic E-state index is 0.669. The van der Waals surface area contributed by atoms with Gasteiger partial charge in [-0.15, -0.1) is 0 Å². The topological polar surface area (TPSA) is 24.5 Å². The maximum atomic E-state index is 5.43. The number of likely N-dealkylation sites (N-methyl/N-ethyl adjacent to an activating group) is 1. The summed E-state index contributed by atoms with van der Waals surface area (Å²) >= 11 is 0. The van der Waals surface area contributed by atoms with Crippen molar-refractivity contribution in [3.05, 3.63) is 0 Å². The first-order chi connectivity index (χ1) is 8.28. The predicted octanol–water partition coefficient (Wildman–Crippen LogP) is 1.63. The second-order valence-electron chi connectivity index (χ2n) is 6.29. The van der Waals surface area contributed by atoms with Gasteiger partial charge in [0.15, 0.2) is 0 Å². The molecule has 0 radical (unpaired) electrons. The average Bonchev–Trinajstić information content (AvgIpc) is 3.12. The largest absolute Gasteiger partial charge is 0.383 e. The molecule has 1 saturated carbocycles. The summed E-state index contributed by atoms with van der Waals surface area (Å²) in [5.74, 6) is 0.910. The van der Waals surface area contributed by atoms with Gasteiger partial charge in [0.25, 0.3) is 0 Å². The Morgan fingerprint density at radius 3 is 2.35 bits per heavy atom. The molecule has 1 aliphatic carbocycles. The minimum Gasteiger partial charge on any atom is -0.383 e. The van der Waals surface area contributed by atoms with Crippen LogP contribution in [0.1, 0.15) is 38.5 Å². The van der Waals surface area contributed by atoms with Crippen molar-refractivity contribution < 1.29 is 4.74 Å². The van der Waals surface area contributed by atoms with E-state index >= 15 is 0 Å². The number of nitrogens with one attached hydrogen (secondary N) is 1. The second-order valence-corrected chi connectivity index (χ2v) is 6.29. The van der Waals surface area contributed by atoms with Crippen LogP contribution in [0.15, 0.2) is 0 Å². The zero-order valence-corrected chi connectivity index (χ0v) is 11.2. The molecule has 2 saturated heterocycles. The van der Waals surface area contributed by atoms with Crippen molar-refractivity contribution in [3.63, 3.8) is 0 Å². The average molecular weight is 238 g/mol. The molecule has 1 N–H and O–H groups in total. The third kappa shape index (κ3) is 2.51. The highest BCUT2D eigenvalue weighted by Crippen LogP contribution is 2.38. The molecule has 0 spiro atoms. The summed E-state index contributed by atoms with van der Waals surface area (Å²) in [6.07, 6.45) is 8.31. The number of hydrogen-bond donors (Lipinski definition) is 1. The highest BCUT2D eigenvalue weighted by Gasteiger charge is 2.40. The zero-order chi connectivity index (χ0) is 11.8. The molecule has 2 aliphatic heterocycles. The zero-order valence-electron chi connectivity index (χ0n) is 11.2. The van der Waals surface area contributed by atoms with Crippen molar-refractivity contribution in [3.8, 4) is 0 Å². The summed E-state index contributed by atoms with van der Waals surface area (Å²) in [5.41, 5.74) is 0. The molecule has 0 amide bonds. The fourth-order valence-corrected chi connectivity index (χ4v) is 3.87. The van der Waals surface area contributed by atoms with E-state index in [1.807, 2.05) is 7.11 Å². The van der Waals surface area contributed by atoms with Gasteiger partial charge in [0.1, 0.15) is 0 Å². The maximum absolute atomic E-state index is 5.43. The van der Waals surface area contributed by atoms with E-state index in [1.165, 1.54) is 38.5 Å². The van der Waals surface area contributed by atoms with Crippen molar-refractivity contribution in [1.82, 2.24) is 10.2 Å². The van der Waals surface area contributed by atoms with Crippen LogP contribution in [0, 0.1) is 5.92 Å². The van der Waals surface area contributed by atoms with Crippen molar-refractivity contribution in [2.45, 2.75) is 62.7 Å². The van der Waals surface area contributed by atoms with Crippen molar-refractivity contribution in [2.24, 2.45) is 5.92 Å². The molecule has 3 fully saturated rings. The van der Waals surface area contributed by atoms with Crippen LogP contribution in [0.2, 0.25) is 0 Å². The molecule has 3 atom stereocenters. The molecule has 0 aromatic rings. The van der Waals surface area contributed by atoms with Gasteiger partial charge in [0.2, 0.25) is 0 Å². The molecule has 0 aromatic heterocycles. The lowest BCUT2D eigenvalue weighted by Gasteiger charge is -2.40. The Hall–Kier alpha value is -0.120. The normalized spacial score (nSPS) is 38.6. The monoisotopic (exact) mass is 238 g/mol. The van der Waals surface area contributed by atoms with Gasteiger partial charge in [-0.3, -0.25) is 4.90 Å². The van der Waals surface area contributed by atoms with E-state index < -0.39 is 0 Å². The number of methoxy groups -OCH3 is 1. The third-order valence-corrected chi connectivity index (χ3v) is 5.05. The number of fused-ring (bicyclic) bond motifs is 2. The summed E-state index contributed by atoms with van der Waals surface area (Å²) in [6.45, 7) is 0.917. The second kappa shape index (κ2) is 4.87. The molecule has 17 heavy (non-hydrogen) atoms. The summed E-state index contributed by atoms with van der Waals surface area (Å²) in [5, 5.41) is 3.73. The van der Waals surface area contributed by atoms with Gasteiger partial charge in [-0.05, 0) is 51.5 Å². The number of hydrogen-bond acceptors (Lipinski definition) is 3. The Morgan fingerprint density at radius 1 is 1.18 bits per heavy atom. The smallest absolute Gasteiger partial charge is 0.0620 e. The van der Waals surface area contributed by atoms with Crippen LogP contribution in [0.25, 0.3) is 0 Å². The van der Waals surface area contributed by atoms with Crippen LogP contribution in [-0.4, -0.2) is 49.8 Å². The fourth-order valence-electron chi connectivity index (χ4n) is 3.87. The van der Waals surface area contributed by atoms with E-state index in [1.54, 1.807) is 0 Å². The Kier molecular flexibility index (Phi) is 3.42. The minimum atomic E-state index is 0.669. The van der Waals surface area contributed by atoms with Gasteiger partial charge in [0.05, 0.1) is 6.61 Å². The summed E-state index contributed by atoms with van der Waals surface area (Å²) in [6, 6.07) is 3.05. The first-order valence-electron chi connectivity index (χ1n) is 7.25. The standard InChI is InChI=1S/C14H26N2O/c1-16(14(9-17-2)10-3-4-10)13-7-11-5-6-12(8-13)15-11/h10-15H,3-9H2,1-2H3. The molecule has 3 aliphatic rings. The highest BCUT2D eigenvalue weighted by molar-refractivity contribution is 4.98. The Morgan fingerprint density at radius 2 is 1.82 bits per heavy atom. The van der Waals surface area contributed by atoms with Crippen LogP contribution in [0.4, 0.5) is 0 Å². The van der Waals surface area contributed by atoms with Crippen LogP contribution < -0.4 is 5.32 Å². The predicted molar refractivity (Wildman–Crippen MR) is 69.1 cm³/mol. The molecule has 3 unspecified atom stereocenters. The summed E-state index contributed by atoms with van der Waals surface area (Å²) < 4.78 is 5.43. The molecule has 0 aromatic carbocycles. The van der Waals surface area contributed by atoms with Crippen LogP contribution in [0.5, 0.6) is 0 Å². The lowest BCUT2D eigenvalue weighted by molar-refractivity contribution is 0.0508. The highest BCUT2D eigenvalue weighted by atomic mass is 16.5. The van der Waals surface area contributed by atoms with E-state index in [-0.39, 0.29) is 0 Å². The van der Waals surface area contributed by atoms with E-state index in [9.17, 15) is 0 Å². The quantitative estimate of drug-likeness (QED) is 0.788. The van der Waals surface area contributed by atoms with Gasteiger partial charge < -0.3 is 10.1 Å². The van der Waals surface area contributed by atoms with Gasteiger partial charge in [0, 0.05) is 31.3 Å². The Labute approximate surface area is 105 Å². The number of rotatable bonds is 5. The van der Waals surface area contributed by atoms with Gasteiger partial charge in [-0.2, -0.15) is 0 Å². The molecule has 3 nitrogen and oxygen atoms in total. The van der Waals surface area contributed by atoms with E-state index in [4.69, 9.17) is 4.74 Å². The first-order valence-corrected chi connectivity index (χ1v) is 7.25. The Balaban J connectivity index is 1.61. The molecule has 3 rings (SSSR count). The van der Waals surface area contributed by atoms with Crippen molar-refractivity contribution in [2.75, 3.05) is 20.8 Å². The fraction of sp³-hybridized carbons (Fsp3) is 1.00. The Bertz CT molecular complexity index is 255. The third-order valence-electron chi connectivity index (χ3n) is 5.05. The lowest BCUT2D eigenvalue weighted by Crippen LogP contribution is -2.51. The van der Waals surface area contributed by atoms with Crippen LogP contribution in [-0.2, 0) is 4.74 Å². The maximum Gasteiger partial charge on any atom is 0.0620 e. The summed E-state index contributed by atoms with van der Waals surface area (Å²) in [4.78, 5) is 2.65. The molecule has 2 bridgehead atoms. The SMILES string of the molecule is COCC(C1CC1)N(C)C1CC2CCC(C1)N2.